The van der Waals surface area contributed by atoms with Crippen LogP contribution in [0.15, 0.2) is 89.1 Å². The first-order chi connectivity index (χ1) is 63.9. The van der Waals surface area contributed by atoms with Crippen LogP contribution in [0.1, 0.15) is 34.8 Å². The number of thiol groups is 1. The summed E-state index contributed by atoms with van der Waals surface area (Å²) in [6.45, 7) is -28.2. The van der Waals surface area contributed by atoms with Crippen molar-refractivity contribution >= 4 is 249 Å². The molecule has 9 aliphatic heterocycles. The molecule has 54 nitrogen and oxygen atoms in total. The molecule has 6 bridgehead atoms. The van der Waals surface area contributed by atoms with Crippen molar-refractivity contribution in [1.82, 2.24) is 102 Å². The standard InChI is InChI=1S/3C21H24FN9O9P2S3/c3*22-10-14-8(38-19(10)30-5-26-11-7(23)1-2-25-16(11)30)3-36-41(34,43)40-15-13(32)9(4-37-42(35,44)39-14)45-20(15)31-6-27-12-17(31)28-21(24)29-18(12)33/h3*1-2,5-6,8-10,13-15,19-20,32H,3-4H2,(H2,23,25)(H,34,43)(H,35,44)(H3,24,28,29,33)/t3*8-,9-,10+,13-,14-,15-,19-,20-,41?,42?/m111/s1. The number of aliphatic hydroxyl groups is 3. The summed E-state index contributed by atoms with van der Waals surface area (Å²) in [7, 11) is 0. The molecule has 12 aromatic rings. The van der Waals surface area contributed by atoms with Gasteiger partial charge in [-0.1, -0.05) is 12.2 Å². The lowest BCUT2D eigenvalue weighted by molar-refractivity contribution is -0.0451. The molecule has 726 valence electrons. The van der Waals surface area contributed by atoms with Gasteiger partial charge in [-0.25, -0.2) is 62.6 Å². The number of ether oxygens (including phenoxy) is 3. The fourth-order valence-electron chi connectivity index (χ4n) is 16.0. The van der Waals surface area contributed by atoms with E-state index in [0.717, 1.165) is 35.3 Å². The van der Waals surface area contributed by atoms with E-state index in [0.29, 0.717) is 33.6 Å². The van der Waals surface area contributed by atoms with Gasteiger partial charge in [-0.05, 0) is 77.2 Å². The molecular formula is C63H72F3N27O27P6S9. The van der Waals surface area contributed by atoms with Crippen LogP contribution in [-0.4, -0.2) is 289 Å². The predicted molar refractivity (Wildman–Crippen MR) is 493 cm³/mol. The normalized spacial score (nSPS) is 37.7. The number of fused-ring (bicyclic) bond motifs is 15. The molecule has 0 aromatic carbocycles. The van der Waals surface area contributed by atoms with Gasteiger partial charge >= 0.3 is 40.4 Å². The van der Waals surface area contributed by atoms with E-state index in [-0.39, 0.29) is 81.5 Å². The van der Waals surface area contributed by atoms with Gasteiger partial charge in [0.15, 0.2) is 87.6 Å². The van der Waals surface area contributed by atoms with Gasteiger partial charge in [-0.3, -0.25) is 88.4 Å². The van der Waals surface area contributed by atoms with Crippen molar-refractivity contribution in [2.24, 2.45) is 0 Å². The van der Waals surface area contributed by atoms with E-state index in [1.807, 2.05) is 0 Å². The summed E-state index contributed by atoms with van der Waals surface area (Å²) in [5.74, 6) is -0.534. The van der Waals surface area contributed by atoms with Crippen molar-refractivity contribution in [2.75, 3.05) is 74.0 Å². The van der Waals surface area contributed by atoms with E-state index in [9.17, 15) is 58.7 Å². The van der Waals surface area contributed by atoms with E-state index in [2.05, 4.69) is 87.0 Å². The van der Waals surface area contributed by atoms with Crippen LogP contribution in [0.25, 0.3) is 67.0 Å². The number of H-pyrrole nitrogens is 3. The molecule has 30 atom stereocenters. The zero-order chi connectivity index (χ0) is 95.5. The van der Waals surface area contributed by atoms with Gasteiger partial charge in [-0.15, -0.1) is 35.3 Å². The van der Waals surface area contributed by atoms with E-state index in [4.69, 9.17) is 162 Å². The minimum Gasteiger partial charge on any atom is -0.397 e. The van der Waals surface area contributed by atoms with Crippen LogP contribution in [-0.2, 0) is 132 Å². The fourth-order valence-corrected chi connectivity index (χ4v) is 29.7. The number of aliphatic hydroxyl groups excluding tert-OH is 3. The molecule has 9 fully saturated rings. The molecule has 72 heteroatoms. The number of nitrogen functional groups attached to an aromatic ring is 6. The van der Waals surface area contributed by atoms with Crippen LogP contribution in [0, 0.1) is 0 Å². The van der Waals surface area contributed by atoms with Gasteiger partial charge < -0.3 is 111 Å². The highest BCUT2D eigenvalue weighted by Crippen LogP contribution is 2.63. The minimum absolute atomic E-state index is 0.0330. The highest BCUT2D eigenvalue weighted by atomic mass is 32.7. The Morgan fingerprint density at radius 1 is 0.370 bits per heavy atom. The molecule has 0 amide bonds. The van der Waals surface area contributed by atoms with Crippen LogP contribution in [0.5, 0.6) is 0 Å². The first-order valence-electron chi connectivity index (χ1n) is 39.2. The third-order valence-electron chi connectivity index (χ3n) is 22.2. The smallest absolute Gasteiger partial charge is 0.386 e. The maximum absolute atomic E-state index is 16.1. The topological polar surface area (TPSA) is 756 Å². The zero-order valence-electron chi connectivity index (χ0n) is 67.4. The molecule has 21 rings (SSSR count). The Morgan fingerprint density at radius 3 is 0.919 bits per heavy atom. The third kappa shape index (κ3) is 19.2. The Bertz CT molecular complexity index is 6500. The second-order valence-electron chi connectivity index (χ2n) is 30.7. The number of hydrogen-bond acceptors (Lipinski definition) is 48. The Kier molecular flexibility index (Phi) is 27.0. The molecule has 9 aliphatic rings. The second kappa shape index (κ2) is 37.4. The average Bonchev–Trinajstić information content (AvgIpc) is 1.63. The number of rotatable bonds is 6. The van der Waals surface area contributed by atoms with E-state index in [1.54, 1.807) is 0 Å². The van der Waals surface area contributed by atoms with Crippen LogP contribution in [0.4, 0.5) is 48.1 Å². The van der Waals surface area contributed by atoms with E-state index in [1.165, 1.54) is 102 Å². The number of aromatic amines is 3. The van der Waals surface area contributed by atoms with Crippen molar-refractivity contribution in [3.8, 4) is 0 Å². The number of thioether (sulfide) groups is 3. The first kappa shape index (κ1) is 97.3. The Balaban J connectivity index is 0.000000130. The quantitative estimate of drug-likeness (QED) is 0.0826. The lowest BCUT2D eigenvalue weighted by Gasteiger charge is -2.28. The van der Waals surface area contributed by atoms with Gasteiger partial charge in [0, 0.05) is 18.6 Å². The summed E-state index contributed by atoms with van der Waals surface area (Å²) in [6.07, 6.45) is -14.6. The first-order valence-corrected chi connectivity index (χ1v) is 57.6. The van der Waals surface area contributed by atoms with Crippen LogP contribution < -0.4 is 51.1 Å². The van der Waals surface area contributed by atoms with Crippen molar-refractivity contribution in [2.45, 2.75) is 142 Å². The van der Waals surface area contributed by atoms with Crippen LogP contribution >= 0.6 is 87.9 Å². The summed E-state index contributed by atoms with van der Waals surface area (Å²) in [6, 6.07) is 4.61. The Morgan fingerprint density at radius 2 is 0.622 bits per heavy atom. The summed E-state index contributed by atoms with van der Waals surface area (Å²) in [4.78, 5) is 149. The molecule has 135 heavy (non-hydrogen) atoms. The number of hydrogen-bond donors (Lipinski definition) is 18. The van der Waals surface area contributed by atoms with Gasteiger partial charge in [0.2, 0.25) is 17.8 Å². The van der Waals surface area contributed by atoms with E-state index < -0.39 is 226 Å². The Labute approximate surface area is 793 Å². The number of anilines is 6. The maximum Gasteiger partial charge on any atom is 0.386 e. The van der Waals surface area contributed by atoms with Crippen LogP contribution in [0.2, 0.25) is 0 Å². The van der Waals surface area contributed by atoms with Gasteiger partial charge in [0.05, 0.1) is 129 Å². The molecule has 0 aliphatic carbocycles. The molecule has 12 aromatic heterocycles. The largest absolute Gasteiger partial charge is 0.397 e. The number of nitrogens with one attached hydrogen (secondary N) is 3. The molecule has 6 unspecified atom stereocenters. The molecular weight excluding hydrogens is 2100 g/mol. The van der Waals surface area contributed by atoms with E-state index >= 15 is 13.2 Å². The monoisotopic (exact) mass is 2170 g/mol. The number of halogens is 3. The Hall–Kier alpha value is -6.54. The molecule has 0 spiro atoms. The summed E-state index contributed by atoms with van der Waals surface area (Å²) in [5.41, 5.74) is 36.0. The van der Waals surface area contributed by atoms with Crippen LogP contribution in [0.3, 0.4) is 0 Å². The average molecular weight is 2170 g/mol. The lowest BCUT2D eigenvalue weighted by atomic mass is 10.1. The maximum atomic E-state index is 16.1. The number of nitrogens with two attached hydrogens (primary N) is 6. The number of pyridine rings is 3. The number of imidazole rings is 6. The SMILES string of the molecule is Nc1nc2c(ncn2[C@@H]2S[C@@H]3COP(=O)(S)O[C@H]4[C@H](F)[C@H](n5cnc6c(N)ccnc65)O[C@@H]4COP(O)(=S)O[C@@H]2[C@@H]3O)c(=O)[nH]1.Nc1nc2c(ncn2[C@@H]2S[C@@H]3COP(O)(=S)O[C@H]4[C@H](F)[C@H](n5cnc6c(N)ccnc65)O[C@@H]4COP(O)(=S)O[C@@H]2[C@@H]3O)c(=O)[nH]1.Nc1nc2c(ncn2[C@@H]2S[C@@H]3COP(O)(=S)O[C@H]4[C@H](F)[C@H](n5cnc6c(N)ccnc65)O[C@@H]4COP(O)(=S)O[C@@H]2[C@@H]3O)c(=O)[nH]1. The second-order valence-corrected chi connectivity index (χ2v) is 51.6. The molecule has 9 saturated heterocycles. The molecule has 23 N–H and O–H groups in total. The minimum atomic E-state index is -4.32. The van der Waals surface area contributed by atoms with Gasteiger partial charge in [0.25, 0.3) is 16.7 Å². The molecule has 0 saturated carbocycles. The summed E-state index contributed by atoms with van der Waals surface area (Å²) < 4.78 is 155. The number of aromatic nitrogens is 21. The number of nitrogens with zero attached hydrogens (tertiary/aromatic N) is 18. The number of alkyl halides is 3. The van der Waals surface area contributed by atoms with Gasteiger partial charge in [0.1, 0.15) is 87.6 Å². The van der Waals surface area contributed by atoms with Crippen molar-refractivity contribution in [1.29, 1.82) is 0 Å². The summed E-state index contributed by atoms with van der Waals surface area (Å²) in [5, 5.41) is 28.4. The highest BCUT2D eigenvalue weighted by molar-refractivity contribution is 8.44. The van der Waals surface area contributed by atoms with Crippen molar-refractivity contribution < 1.29 is 126 Å². The fraction of sp³-hybridized carbons (Fsp3) is 0.476. The highest BCUT2D eigenvalue weighted by Gasteiger charge is 2.58. The third-order valence-corrected chi connectivity index (χ3v) is 36.2. The zero-order valence-corrected chi connectivity index (χ0v) is 80.2. The van der Waals surface area contributed by atoms with Crippen molar-refractivity contribution in [3.05, 3.63) is 106 Å². The van der Waals surface area contributed by atoms with Crippen molar-refractivity contribution in [3.63, 3.8) is 0 Å². The molecule has 0 radical (unpaired) electrons. The lowest BCUT2D eigenvalue weighted by Crippen LogP contribution is -2.35. The predicted octanol–water partition coefficient (Wildman–Crippen LogP) is 1.39. The summed E-state index contributed by atoms with van der Waals surface area (Å²) >= 11 is 33.5. The molecule has 21 heterocycles. The van der Waals surface area contributed by atoms with Gasteiger partial charge in [-0.2, -0.15) is 15.0 Å².